The fourth-order valence-corrected chi connectivity index (χ4v) is 2.33. The summed E-state index contributed by atoms with van der Waals surface area (Å²) in [4.78, 5) is 14.3. The summed E-state index contributed by atoms with van der Waals surface area (Å²) < 4.78 is 5.25. The predicted molar refractivity (Wildman–Crippen MR) is 86.1 cm³/mol. The van der Waals surface area contributed by atoms with Gasteiger partial charge in [-0.15, -0.1) is 0 Å². The molecule has 0 atom stereocenters. The molecular weight excluding hydrogens is 264 g/mol. The zero-order valence-corrected chi connectivity index (χ0v) is 12.8. The Morgan fingerprint density at radius 1 is 1.10 bits per heavy atom. The summed E-state index contributed by atoms with van der Waals surface area (Å²) in [5, 5.41) is 0. The van der Waals surface area contributed by atoms with E-state index in [0.717, 1.165) is 16.8 Å². The largest absolute Gasteiger partial charge is 0.496 e. The van der Waals surface area contributed by atoms with Crippen molar-refractivity contribution in [2.24, 2.45) is 0 Å². The van der Waals surface area contributed by atoms with E-state index >= 15 is 0 Å². The average Bonchev–Trinajstić information content (AvgIpc) is 2.44. The van der Waals surface area contributed by atoms with E-state index in [-0.39, 0.29) is 5.91 Å². The van der Waals surface area contributed by atoms with Crippen LogP contribution >= 0.6 is 0 Å². The van der Waals surface area contributed by atoms with Crippen molar-refractivity contribution in [3.8, 4) is 5.75 Å². The number of anilines is 2. The molecule has 2 aromatic carbocycles. The van der Waals surface area contributed by atoms with Gasteiger partial charge in [-0.25, -0.2) is 0 Å². The van der Waals surface area contributed by atoms with Gasteiger partial charge in [0, 0.05) is 18.4 Å². The number of nitrogens with zero attached hydrogens (tertiary/aromatic N) is 1. The first-order valence-electron chi connectivity index (χ1n) is 6.72. The molecule has 0 aliphatic rings. The fourth-order valence-electron chi connectivity index (χ4n) is 2.33. The second kappa shape index (κ2) is 5.87. The molecule has 0 bridgehead atoms. The third-order valence-corrected chi connectivity index (χ3v) is 3.35. The van der Waals surface area contributed by atoms with E-state index in [4.69, 9.17) is 10.5 Å². The van der Waals surface area contributed by atoms with E-state index in [1.807, 2.05) is 26.0 Å². The molecular formula is C17H20N2O2. The van der Waals surface area contributed by atoms with Gasteiger partial charge in [-0.05, 0) is 55.3 Å². The Bertz CT molecular complexity index is 660. The fraction of sp³-hybridized carbons (Fsp3) is 0.235. The van der Waals surface area contributed by atoms with Crippen LogP contribution in [0.1, 0.15) is 21.5 Å². The second-order valence-corrected chi connectivity index (χ2v) is 5.17. The molecule has 0 saturated carbocycles. The predicted octanol–water partition coefficient (Wildman–Crippen LogP) is 3.17. The molecule has 110 valence electrons. The second-order valence-electron chi connectivity index (χ2n) is 5.17. The molecule has 1 amide bonds. The Kier molecular flexibility index (Phi) is 4.17. The molecule has 21 heavy (non-hydrogen) atoms. The molecule has 0 saturated heterocycles. The van der Waals surface area contributed by atoms with Crippen molar-refractivity contribution >= 4 is 17.3 Å². The van der Waals surface area contributed by atoms with Crippen molar-refractivity contribution < 1.29 is 9.53 Å². The molecule has 0 fully saturated rings. The van der Waals surface area contributed by atoms with E-state index in [0.29, 0.717) is 17.0 Å². The van der Waals surface area contributed by atoms with Crippen molar-refractivity contribution in [3.05, 3.63) is 53.1 Å². The highest BCUT2D eigenvalue weighted by Gasteiger charge is 2.18. The normalized spacial score (nSPS) is 10.3. The number of aryl methyl sites for hydroxylation is 2. The summed E-state index contributed by atoms with van der Waals surface area (Å²) in [6, 6.07) is 11.1. The highest BCUT2D eigenvalue weighted by atomic mass is 16.5. The highest BCUT2D eigenvalue weighted by molar-refractivity contribution is 6.08. The van der Waals surface area contributed by atoms with Crippen LogP contribution in [-0.4, -0.2) is 20.1 Å². The van der Waals surface area contributed by atoms with Crippen LogP contribution in [0, 0.1) is 13.8 Å². The molecule has 0 unspecified atom stereocenters. The lowest BCUT2D eigenvalue weighted by Crippen LogP contribution is -2.27. The number of methoxy groups -OCH3 is 1. The molecule has 2 aromatic rings. The SMILES string of the molecule is COc1ccc(N)cc1C(=O)N(C)c1cc(C)cc(C)c1. The zero-order valence-electron chi connectivity index (χ0n) is 12.8. The lowest BCUT2D eigenvalue weighted by molar-refractivity contribution is 0.0990. The Hall–Kier alpha value is -2.49. The van der Waals surface area contributed by atoms with Crippen molar-refractivity contribution in [3.63, 3.8) is 0 Å². The number of nitrogen functional groups attached to an aromatic ring is 1. The van der Waals surface area contributed by atoms with Gasteiger partial charge in [-0.2, -0.15) is 0 Å². The van der Waals surface area contributed by atoms with Crippen molar-refractivity contribution in [1.82, 2.24) is 0 Å². The summed E-state index contributed by atoms with van der Waals surface area (Å²) in [5.41, 5.74) is 9.85. The lowest BCUT2D eigenvalue weighted by Gasteiger charge is -2.20. The minimum absolute atomic E-state index is 0.149. The Labute approximate surface area is 125 Å². The zero-order chi connectivity index (χ0) is 15.6. The Balaban J connectivity index is 2.41. The number of nitrogens with two attached hydrogens (primary N) is 1. The lowest BCUT2D eigenvalue weighted by atomic mass is 10.1. The molecule has 0 spiro atoms. The molecule has 0 aliphatic heterocycles. The van der Waals surface area contributed by atoms with Crippen molar-refractivity contribution in [2.75, 3.05) is 24.8 Å². The van der Waals surface area contributed by atoms with Gasteiger partial charge in [0.05, 0.1) is 12.7 Å². The minimum atomic E-state index is -0.149. The highest BCUT2D eigenvalue weighted by Crippen LogP contribution is 2.25. The van der Waals surface area contributed by atoms with Gasteiger partial charge in [-0.1, -0.05) is 6.07 Å². The van der Waals surface area contributed by atoms with Crippen molar-refractivity contribution in [1.29, 1.82) is 0 Å². The number of carbonyl (C=O) groups is 1. The summed E-state index contributed by atoms with van der Waals surface area (Å²) in [6.45, 7) is 4.02. The average molecular weight is 284 g/mol. The first kappa shape index (κ1) is 14.9. The molecule has 0 aliphatic carbocycles. The third-order valence-electron chi connectivity index (χ3n) is 3.35. The third kappa shape index (κ3) is 3.16. The van der Waals surface area contributed by atoms with Crippen LogP contribution in [0.3, 0.4) is 0 Å². The van der Waals surface area contributed by atoms with E-state index in [1.54, 1.807) is 37.3 Å². The van der Waals surface area contributed by atoms with Gasteiger partial charge in [0.1, 0.15) is 5.75 Å². The maximum absolute atomic E-state index is 12.7. The van der Waals surface area contributed by atoms with Gasteiger partial charge in [-0.3, -0.25) is 4.79 Å². The van der Waals surface area contributed by atoms with Crippen LogP contribution in [0.25, 0.3) is 0 Å². The maximum Gasteiger partial charge on any atom is 0.261 e. The molecule has 2 rings (SSSR count). The van der Waals surface area contributed by atoms with Crippen LogP contribution in [0.4, 0.5) is 11.4 Å². The molecule has 2 N–H and O–H groups in total. The number of ether oxygens (including phenoxy) is 1. The van der Waals surface area contributed by atoms with Crippen LogP contribution in [-0.2, 0) is 0 Å². The number of hydrogen-bond acceptors (Lipinski definition) is 3. The van der Waals surface area contributed by atoms with Crippen LogP contribution < -0.4 is 15.4 Å². The van der Waals surface area contributed by atoms with Crippen LogP contribution in [0.15, 0.2) is 36.4 Å². The first-order chi connectivity index (χ1) is 9.92. The van der Waals surface area contributed by atoms with E-state index < -0.39 is 0 Å². The topological polar surface area (TPSA) is 55.6 Å². The van der Waals surface area contributed by atoms with Crippen molar-refractivity contribution in [2.45, 2.75) is 13.8 Å². The monoisotopic (exact) mass is 284 g/mol. The van der Waals surface area contributed by atoms with Gasteiger partial charge in [0.2, 0.25) is 0 Å². The minimum Gasteiger partial charge on any atom is -0.496 e. The Morgan fingerprint density at radius 3 is 2.29 bits per heavy atom. The van der Waals surface area contributed by atoms with Gasteiger partial charge >= 0.3 is 0 Å². The van der Waals surface area contributed by atoms with E-state index in [9.17, 15) is 4.79 Å². The van der Waals surface area contributed by atoms with Gasteiger partial charge in [0.25, 0.3) is 5.91 Å². The molecule has 0 heterocycles. The summed E-state index contributed by atoms with van der Waals surface area (Å²) >= 11 is 0. The first-order valence-corrected chi connectivity index (χ1v) is 6.72. The van der Waals surface area contributed by atoms with Crippen LogP contribution in [0.5, 0.6) is 5.75 Å². The smallest absolute Gasteiger partial charge is 0.261 e. The van der Waals surface area contributed by atoms with Crippen LogP contribution in [0.2, 0.25) is 0 Å². The standard InChI is InChI=1S/C17H20N2O2/c1-11-7-12(2)9-14(8-11)19(3)17(20)15-10-13(18)5-6-16(15)21-4/h5-10H,18H2,1-4H3. The molecule has 4 heteroatoms. The maximum atomic E-state index is 12.7. The Morgan fingerprint density at radius 2 is 1.71 bits per heavy atom. The summed E-state index contributed by atoms with van der Waals surface area (Å²) in [7, 11) is 3.29. The molecule has 0 aromatic heterocycles. The summed E-state index contributed by atoms with van der Waals surface area (Å²) in [5.74, 6) is 0.370. The number of carbonyl (C=O) groups excluding carboxylic acids is 1. The number of amides is 1. The van der Waals surface area contributed by atoms with E-state index in [2.05, 4.69) is 6.07 Å². The number of rotatable bonds is 3. The van der Waals surface area contributed by atoms with Gasteiger partial charge in [0.15, 0.2) is 0 Å². The molecule has 0 radical (unpaired) electrons. The van der Waals surface area contributed by atoms with E-state index in [1.165, 1.54) is 0 Å². The molecule has 4 nitrogen and oxygen atoms in total. The summed E-state index contributed by atoms with van der Waals surface area (Å²) in [6.07, 6.45) is 0. The van der Waals surface area contributed by atoms with Gasteiger partial charge < -0.3 is 15.4 Å². The number of benzene rings is 2. The quantitative estimate of drug-likeness (QED) is 0.881. The number of hydrogen-bond donors (Lipinski definition) is 1.